The number of hydrogen-bond acceptors (Lipinski definition) is 3. The van der Waals surface area contributed by atoms with Crippen molar-refractivity contribution in [1.29, 1.82) is 0 Å². The van der Waals surface area contributed by atoms with E-state index in [0.29, 0.717) is 43.0 Å². The summed E-state index contributed by atoms with van der Waals surface area (Å²) in [6.45, 7) is 4.08. The summed E-state index contributed by atoms with van der Waals surface area (Å²) < 4.78 is 85.4. The van der Waals surface area contributed by atoms with E-state index in [4.69, 9.17) is 4.74 Å². The van der Waals surface area contributed by atoms with Crippen molar-refractivity contribution in [1.82, 2.24) is 4.90 Å². The fourth-order valence-electron chi connectivity index (χ4n) is 5.14. The second-order valence-electron chi connectivity index (χ2n) is 10.2. The first-order valence-corrected chi connectivity index (χ1v) is 12.2. The van der Waals surface area contributed by atoms with Gasteiger partial charge in [0.25, 0.3) is 0 Å². The SMILES string of the molecule is CC(Oc1cccc(C(C2CC2)C(C)C(=O)O)c1)C1CN(Cc2cc(C(F)(F)F)ccc2C(F)(F)F)C1. The molecule has 4 nitrogen and oxygen atoms in total. The summed E-state index contributed by atoms with van der Waals surface area (Å²) in [7, 11) is 0. The van der Waals surface area contributed by atoms with Gasteiger partial charge in [-0.25, -0.2) is 0 Å². The second kappa shape index (κ2) is 10.2. The third-order valence-electron chi connectivity index (χ3n) is 7.40. The minimum absolute atomic E-state index is 0.0130. The van der Waals surface area contributed by atoms with Crippen molar-refractivity contribution >= 4 is 5.97 Å². The number of carboxylic acid groups (broad SMARTS) is 1. The molecule has 1 aliphatic heterocycles. The zero-order chi connectivity index (χ0) is 27.1. The molecular weight excluding hydrogens is 500 g/mol. The van der Waals surface area contributed by atoms with Crippen molar-refractivity contribution in [2.45, 2.75) is 57.6 Å². The molecular formula is C27H29F6NO3. The third kappa shape index (κ3) is 6.40. The number of ether oxygens (including phenoxy) is 1. The van der Waals surface area contributed by atoms with Gasteiger partial charge in [0.15, 0.2) is 0 Å². The maximum absolute atomic E-state index is 13.4. The minimum Gasteiger partial charge on any atom is -0.490 e. The number of rotatable bonds is 9. The van der Waals surface area contributed by atoms with Gasteiger partial charge in [0.2, 0.25) is 0 Å². The Morgan fingerprint density at radius 3 is 2.24 bits per heavy atom. The summed E-state index contributed by atoms with van der Waals surface area (Å²) in [6, 6.07) is 8.89. The van der Waals surface area contributed by atoms with Crippen LogP contribution in [0.4, 0.5) is 26.3 Å². The van der Waals surface area contributed by atoms with Gasteiger partial charge < -0.3 is 9.84 Å². The Labute approximate surface area is 211 Å². The Bertz CT molecular complexity index is 1120. The molecule has 2 aromatic carbocycles. The molecule has 1 saturated heterocycles. The smallest absolute Gasteiger partial charge is 0.416 e. The molecule has 0 radical (unpaired) electrons. The van der Waals surface area contributed by atoms with E-state index in [-0.39, 0.29) is 24.5 Å². The number of hydrogen-bond donors (Lipinski definition) is 1. The van der Waals surface area contributed by atoms with E-state index in [1.165, 1.54) is 0 Å². The summed E-state index contributed by atoms with van der Waals surface area (Å²) in [5, 5.41) is 9.51. The summed E-state index contributed by atoms with van der Waals surface area (Å²) in [6.07, 6.45) is -7.78. The van der Waals surface area contributed by atoms with Crippen LogP contribution in [0, 0.1) is 17.8 Å². The van der Waals surface area contributed by atoms with Crippen molar-refractivity contribution in [2.75, 3.05) is 13.1 Å². The fraction of sp³-hybridized carbons (Fsp3) is 0.519. The van der Waals surface area contributed by atoms with Gasteiger partial charge in [0.1, 0.15) is 11.9 Å². The molecule has 0 aromatic heterocycles. The van der Waals surface area contributed by atoms with Gasteiger partial charge in [0, 0.05) is 25.6 Å². The van der Waals surface area contributed by atoms with E-state index >= 15 is 0 Å². The molecule has 0 bridgehead atoms. The van der Waals surface area contributed by atoms with E-state index < -0.39 is 40.9 Å². The van der Waals surface area contributed by atoms with E-state index in [1.54, 1.807) is 17.9 Å². The van der Waals surface area contributed by atoms with E-state index in [1.807, 2.05) is 25.1 Å². The van der Waals surface area contributed by atoms with Crippen molar-refractivity contribution in [3.05, 3.63) is 64.7 Å². The number of aliphatic carboxylic acids is 1. The largest absolute Gasteiger partial charge is 0.490 e. The normalized spacial score (nSPS) is 19.7. The maximum atomic E-state index is 13.4. The molecule has 10 heteroatoms. The molecule has 202 valence electrons. The predicted octanol–water partition coefficient (Wildman–Crippen LogP) is 6.84. The molecule has 0 spiro atoms. The Kier molecular flexibility index (Phi) is 7.52. The van der Waals surface area contributed by atoms with Gasteiger partial charge in [-0.2, -0.15) is 26.3 Å². The lowest BCUT2D eigenvalue weighted by molar-refractivity contribution is -0.142. The van der Waals surface area contributed by atoms with Crippen LogP contribution in [0.3, 0.4) is 0 Å². The summed E-state index contributed by atoms with van der Waals surface area (Å²) in [4.78, 5) is 13.3. The van der Waals surface area contributed by atoms with Crippen LogP contribution in [0.1, 0.15) is 54.9 Å². The minimum atomic E-state index is -4.75. The maximum Gasteiger partial charge on any atom is 0.416 e. The van der Waals surface area contributed by atoms with Crippen LogP contribution in [-0.2, 0) is 23.7 Å². The number of benzene rings is 2. The monoisotopic (exact) mass is 529 g/mol. The molecule has 3 atom stereocenters. The average molecular weight is 530 g/mol. The lowest BCUT2D eigenvalue weighted by Crippen LogP contribution is -2.52. The van der Waals surface area contributed by atoms with Gasteiger partial charge in [0.05, 0.1) is 17.0 Å². The van der Waals surface area contributed by atoms with Gasteiger partial charge in [-0.15, -0.1) is 0 Å². The first kappa shape index (κ1) is 27.3. The Morgan fingerprint density at radius 1 is 1.00 bits per heavy atom. The average Bonchev–Trinajstić information content (AvgIpc) is 3.59. The summed E-state index contributed by atoms with van der Waals surface area (Å²) >= 11 is 0. The van der Waals surface area contributed by atoms with Crippen LogP contribution in [-0.4, -0.2) is 35.2 Å². The van der Waals surface area contributed by atoms with E-state index in [0.717, 1.165) is 18.4 Å². The highest BCUT2D eigenvalue weighted by atomic mass is 19.4. The van der Waals surface area contributed by atoms with Gasteiger partial charge in [-0.1, -0.05) is 19.1 Å². The quantitative estimate of drug-likeness (QED) is 0.362. The van der Waals surface area contributed by atoms with Crippen molar-refractivity contribution in [3.63, 3.8) is 0 Å². The van der Waals surface area contributed by atoms with Crippen molar-refractivity contribution in [2.24, 2.45) is 17.8 Å². The first-order chi connectivity index (χ1) is 17.2. The third-order valence-corrected chi connectivity index (χ3v) is 7.40. The topological polar surface area (TPSA) is 49.8 Å². The Morgan fingerprint density at radius 2 is 1.68 bits per heavy atom. The zero-order valence-corrected chi connectivity index (χ0v) is 20.4. The highest BCUT2D eigenvalue weighted by Crippen LogP contribution is 2.47. The van der Waals surface area contributed by atoms with Crippen molar-refractivity contribution < 1.29 is 41.0 Å². The number of halogens is 6. The number of carboxylic acids is 1. The molecule has 0 amide bonds. The fourth-order valence-corrected chi connectivity index (χ4v) is 5.14. The van der Waals surface area contributed by atoms with E-state index in [2.05, 4.69) is 0 Å². The number of alkyl halides is 6. The Hall–Kier alpha value is -2.75. The molecule has 1 heterocycles. The molecule has 1 saturated carbocycles. The molecule has 37 heavy (non-hydrogen) atoms. The Balaban J connectivity index is 1.39. The van der Waals surface area contributed by atoms with E-state index in [9.17, 15) is 36.2 Å². The molecule has 3 unspecified atom stereocenters. The molecule has 2 fully saturated rings. The van der Waals surface area contributed by atoms with Gasteiger partial charge in [-0.05, 0) is 73.1 Å². The molecule has 1 N–H and O–H groups in total. The van der Waals surface area contributed by atoms with Crippen LogP contribution >= 0.6 is 0 Å². The number of nitrogens with zero attached hydrogens (tertiary/aromatic N) is 1. The van der Waals surface area contributed by atoms with Crippen LogP contribution in [0.15, 0.2) is 42.5 Å². The van der Waals surface area contributed by atoms with Gasteiger partial charge >= 0.3 is 18.3 Å². The lowest BCUT2D eigenvalue weighted by atomic mass is 9.83. The first-order valence-electron chi connectivity index (χ1n) is 12.2. The van der Waals surface area contributed by atoms with Crippen molar-refractivity contribution in [3.8, 4) is 5.75 Å². The van der Waals surface area contributed by atoms with Crippen LogP contribution in [0.25, 0.3) is 0 Å². The standard InChI is InChI=1S/C27H29F6NO3/c1-15(25(35)36)24(17-6-7-17)18-4-3-5-22(11-18)37-16(2)20-13-34(14-20)12-19-10-21(26(28,29)30)8-9-23(19)27(31,32)33/h3-5,8-11,15-17,20,24H,6-7,12-14H2,1-2H3,(H,35,36). The summed E-state index contributed by atoms with van der Waals surface area (Å²) in [5.41, 5.74) is -1.67. The summed E-state index contributed by atoms with van der Waals surface area (Å²) in [5.74, 6) is -0.578. The van der Waals surface area contributed by atoms with Crippen LogP contribution < -0.4 is 4.74 Å². The van der Waals surface area contributed by atoms with Crippen LogP contribution in [0.2, 0.25) is 0 Å². The van der Waals surface area contributed by atoms with Crippen LogP contribution in [0.5, 0.6) is 5.75 Å². The number of carbonyl (C=O) groups is 1. The molecule has 2 aromatic rings. The molecule has 4 rings (SSSR count). The highest BCUT2D eigenvalue weighted by Gasteiger charge is 2.40. The predicted molar refractivity (Wildman–Crippen MR) is 124 cm³/mol. The molecule has 2 aliphatic rings. The number of likely N-dealkylation sites (tertiary alicyclic amines) is 1. The lowest BCUT2D eigenvalue weighted by Gasteiger charge is -2.42. The van der Waals surface area contributed by atoms with Gasteiger partial charge in [-0.3, -0.25) is 9.69 Å². The molecule has 1 aliphatic carbocycles. The highest BCUT2D eigenvalue weighted by molar-refractivity contribution is 5.71. The zero-order valence-electron chi connectivity index (χ0n) is 20.4. The second-order valence-corrected chi connectivity index (χ2v) is 10.2.